The van der Waals surface area contributed by atoms with Crippen molar-refractivity contribution in [2.24, 2.45) is 0 Å². The van der Waals surface area contributed by atoms with E-state index in [-0.39, 0.29) is 0 Å². The molecule has 2 aromatic rings. The second kappa shape index (κ2) is 6.57. The summed E-state index contributed by atoms with van der Waals surface area (Å²) in [4.78, 5) is 6.95. The molecule has 0 saturated heterocycles. The summed E-state index contributed by atoms with van der Waals surface area (Å²) in [7, 11) is 1.96. The summed E-state index contributed by atoms with van der Waals surface area (Å²) in [6, 6.07) is 8.28. The van der Waals surface area contributed by atoms with Crippen molar-refractivity contribution in [2.75, 3.05) is 7.05 Å². The van der Waals surface area contributed by atoms with E-state index in [0.717, 1.165) is 15.8 Å². The Balaban J connectivity index is 1.94. The van der Waals surface area contributed by atoms with Crippen LogP contribution in [-0.4, -0.2) is 12.0 Å². The maximum atomic E-state index is 5.86. The van der Waals surface area contributed by atoms with Crippen LogP contribution < -0.4 is 5.32 Å². The van der Waals surface area contributed by atoms with Gasteiger partial charge in [-0.3, -0.25) is 0 Å². The molecule has 1 atom stereocenters. The summed E-state index contributed by atoms with van der Waals surface area (Å²) in [6.45, 7) is 2.14. The zero-order chi connectivity index (χ0) is 13.0. The van der Waals surface area contributed by atoms with Gasteiger partial charge >= 0.3 is 0 Å². The van der Waals surface area contributed by atoms with Crippen LogP contribution in [0.15, 0.2) is 35.4 Å². The lowest BCUT2D eigenvalue weighted by Crippen LogP contribution is -2.10. The molecule has 1 N–H and O–H groups in total. The lowest BCUT2D eigenvalue weighted by atomic mass is 10.3. The van der Waals surface area contributed by atoms with Crippen LogP contribution in [0.5, 0.6) is 0 Å². The molecule has 0 saturated carbocycles. The fraction of sp³-hybridized carbons (Fsp3) is 0.308. The van der Waals surface area contributed by atoms with Crippen LogP contribution in [-0.2, 0) is 5.75 Å². The monoisotopic (exact) mass is 298 g/mol. The van der Waals surface area contributed by atoms with Gasteiger partial charge in [-0.1, -0.05) is 11.6 Å². The van der Waals surface area contributed by atoms with Gasteiger partial charge in [0, 0.05) is 27.0 Å². The van der Waals surface area contributed by atoms with Gasteiger partial charge < -0.3 is 5.32 Å². The van der Waals surface area contributed by atoms with E-state index in [1.54, 1.807) is 23.1 Å². The average Bonchev–Trinajstić information content (AvgIpc) is 2.86. The van der Waals surface area contributed by atoms with E-state index < -0.39 is 0 Å². The molecular formula is C13H15ClN2S2. The van der Waals surface area contributed by atoms with Crippen molar-refractivity contribution in [1.82, 2.24) is 10.3 Å². The van der Waals surface area contributed by atoms with Gasteiger partial charge in [0.2, 0.25) is 0 Å². The van der Waals surface area contributed by atoms with E-state index in [2.05, 4.69) is 17.2 Å². The first-order valence-corrected chi connectivity index (χ1v) is 7.87. The van der Waals surface area contributed by atoms with Crippen molar-refractivity contribution in [3.63, 3.8) is 0 Å². The van der Waals surface area contributed by atoms with Crippen molar-refractivity contribution in [3.05, 3.63) is 45.4 Å². The summed E-state index contributed by atoms with van der Waals surface area (Å²) >= 11 is 9.41. The summed E-state index contributed by atoms with van der Waals surface area (Å²) in [6.07, 6.45) is 1.96. The number of hydrogen-bond donors (Lipinski definition) is 1. The molecule has 0 aliphatic carbocycles. The number of hydrogen-bond acceptors (Lipinski definition) is 4. The molecule has 0 amide bonds. The topological polar surface area (TPSA) is 24.9 Å². The molecule has 0 bridgehead atoms. The van der Waals surface area contributed by atoms with E-state index in [1.165, 1.54) is 9.77 Å². The molecule has 1 aromatic carbocycles. The number of thiazole rings is 1. The Bertz CT molecular complexity index is 496. The van der Waals surface area contributed by atoms with Crippen LogP contribution in [0.4, 0.5) is 0 Å². The fourth-order valence-electron chi connectivity index (χ4n) is 1.41. The predicted molar refractivity (Wildman–Crippen MR) is 80.6 cm³/mol. The molecule has 0 radical (unpaired) electrons. The van der Waals surface area contributed by atoms with Gasteiger partial charge in [0.05, 0.1) is 5.75 Å². The largest absolute Gasteiger partial charge is 0.312 e. The van der Waals surface area contributed by atoms with Crippen LogP contribution in [0.3, 0.4) is 0 Å². The molecule has 1 aromatic heterocycles. The maximum absolute atomic E-state index is 5.86. The van der Waals surface area contributed by atoms with E-state index in [1.807, 2.05) is 37.5 Å². The van der Waals surface area contributed by atoms with Gasteiger partial charge in [0.15, 0.2) is 0 Å². The Kier molecular flexibility index (Phi) is 5.06. The van der Waals surface area contributed by atoms with E-state index >= 15 is 0 Å². The lowest BCUT2D eigenvalue weighted by molar-refractivity contribution is 0.662. The first-order chi connectivity index (χ1) is 8.69. The quantitative estimate of drug-likeness (QED) is 0.830. The molecular weight excluding hydrogens is 284 g/mol. The van der Waals surface area contributed by atoms with E-state index in [9.17, 15) is 0 Å². The highest BCUT2D eigenvalue weighted by molar-refractivity contribution is 7.98. The number of nitrogens with zero attached hydrogens (tertiary/aromatic N) is 1. The van der Waals surface area contributed by atoms with E-state index in [0.29, 0.717) is 6.04 Å². The number of benzene rings is 1. The number of halogens is 1. The van der Waals surface area contributed by atoms with Crippen LogP contribution in [0.25, 0.3) is 0 Å². The second-order valence-electron chi connectivity index (χ2n) is 3.91. The predicted octanol–water partition coefficient (Wildman–Crippen LogP) is 4.37. The third-order valence-electron chi connectivity index (χ3n) is 2.61. The molecule has 18 heavy (non-hydrogen) atoms. The molecule has 0 fully saturated rings. The number of thioether (sulfide) groups is 1. The maximum Gasteiger partial charge on any atom is 0.103 e. The number of aromatic nitrogens is 1. The van der Waals surface area contributed by atoms with Crippen molar-refractivity contribution >= 4 is 34.7 Å². The molecule has 0 spiro atoms. The normalized spacial score (nSPS) is 12.6. The van der Waals surface area contributed by atoms with Gasteiger partial charge in [-0.25, -0.2) is 4.98 Å². The smallest absolute Gasteiger partial charge is 0.103 e. The van der Waals surface area contributed by atoms with Crippen molar-refractivity contribution < 1.29 is 0 Å². The minimum Gasteiger partial charge on any atom is -0.312 e. The highest BCUT2D eigenvalue weighted by atomic mass is 35.5. The van der Waals surface area contributed by atoms with Crippen LogP contribution in [0.2, 0.25) is 5.02 Å². The Morgan fingerprint density at radius 3 is 2.78 bits per heavy atom. The van der Waals surface area contributed by atoms with Crippen LogP contribution in [0, 0.1) is 0 Å². The summed E-state index contributed by atoms with van der Waals surface area (Å²) in [5.41, 5.74) is 0. The van der Waals surface area contributed by atoms with Crippen LogP contribution in [0.1, 0.15) is 22.9 Å². The van der Waals surface area contributed by atoms with E-state index in [4.69, 9.17) is 11.6 Å². The fourth-order valence-corrected chi connectivity index (χ4v) is 3.42. The minimum absolute atomic E-state index is 0.372. The zero-order valence-corrected chi connectivity index (χ0v) is 12.7. The molecule has 1 heterocycles. The molecule has 96 valence electrons. The van der Waals surface area contributed by atoms with Crippen molar-refractivity contribution in [1.29, 1.82) is 0 Å². The van der Waals surface area contributed by atoms with Gasteiger partial charge in [-0.2, -0.15) is 0 Å². The molecule has 0 aliphatic rings. The summed E-state index contributed by atoms with van der Waals surface area (Å²) < 4.78 is 0. The third kappa shape index (κ3) is 3.72. The minimum atomic E-state index is 0.372. The highest BCUT2D eigenvalue weighted by Gasteiger charge is 2.08. The standard InChI is InChI=1S/C13H15ClN2S2/c1-9(15-2)12-7-16-13(18-12)8-17-11-5-3-10(14)4-6-11/h3-7,9,15H,8H2,1-2H3. The number of rotatable bonds is 5. The SMILES string of the molecule is CNC(C)c1cnc(CSc2ccc(Cl)cc2)s1. The van der Waals surface area contributed by atoms with Crippen molar-refractivity contribution in [2.45, 2.75) is 23.6 Å². The molecule has 1 unspecified atom stereocenters. The Morgan fingerprint density at radius 2 is 2.11 bits per heavy atom. The Morgan fingerprint density at radius 1 is 1.39 bits per heavy atom. The molecule has 5 heteroatoms. The van der Waals surface area contributed by atoms with Gasteiger partial charge in [0.25, 0.3) is 0 Å². The van der Waals surface area contributed by atoms with Crippen LogP contribution >= 0.6 is 34.7 Å². The summed E-state index contributed by atoms with van der Waals surface area (Å²) in [5.74, 6) is 0.905. The summed E-state index contributed by atoms with van der Waals surface area (Å²) in [5, 5.41) is 5.16. The van der Waals surface area contributed by atoms with Gasteiger partial charge in [-0.15, -0.1) is 23.1 Å². The lowest BCUT2D eigenvalue weighted by Gasteiger charge is -2.04. The average molecular weight is 299 g/mol. The first kappa shape index (κ1) is 13.9. The second-order valence-corrected chi connectivity index (χ2v) is 6.54. The van der Waals surface area contributed by atoms with Crippen molar-refractivity contribution in [3.8, 4) is 0 Å². The van der Waals surface area contributed by atoms with Gasteiger partial charge in [-0.05, 0) is 38.2 Å². The number of nitrogens with one attached hydrogen (secondary N) is 1. The Labute approximate surface area is 121 Å². The molecule has 2 rings (SSSR count). The van der Waals surface area contributed by atoms with Gasteiger partial charge in [0.1, 0.15) is 5.01 Å². The third-order valence-corrected chi connectivity index (χ3v) is 5.25. The first-order valence-electron chi connectivity index (χ1n) is 5.69. The highest BCUT2D eigenvalue weighted by Crippen LogP contribution is 2.28. The molecule has 2 nitrogen and oxygen atoms in total. The molecule has 0 aliphatic heterocycles. The zero-order valence-electron chi connectivity index (χ0n) is 10.3. The Hall–Kier alpha value is -0.550.